The van der Waals surface area contributed by atoms with E-state index in [4.69, 9.17) is 5.11 Å². The van der Waals surface area contributed by atoms with Gasteiger partial charge in [0.25, 0.3) is 0 Å². The Morgan fingerprint density at radius 2 is 2.05 bits per heavy atom. The van der Waals surface area contributed by atoms with Crippen LogP contribution in [-0.2, 0) is 19.7 Å². The van der Waals surface area contributed by atoms with Crippen LogP contribution in [0.4, 0.5) is 0 Å². The van der Waals surface area contributed by atoms with Crippen molar-refractivity contribution >= 4 is 10.9 Å². The third-order valence-corrected chi connectivity index (χ3v) is 3.36. The lowest BCUT2D eigenvalue weighted by molar-refractivity contribution is 0.282. The second-order valence-electron chi connectivity index (χ2n) is 4.63. The summed E-state index contributed by atoms with van der Waals surface area (Å²) in [5.74, 6) is 0. The first-order chi connectivity index (χ1) is 9.31. The van der Waals surface area contributed by atoms with Crippen LogP contribution in [0.3, 0.4) is 0 Å². The standard InChI is InChI=1S/C15H17N3O/c1-2-18-15-6-4-3-5-13(15)14(16-18)10-17-8-7-12(9-17)11-19/h3-9,19H,2,10-11H2,1H3. The van der Waals surface area contributed by atoms with Crippen molar-refractivity contribution in [2.45, 2.75) is 26.6 Å². The van der Waals surface area contributed by atoms with Crippen molar-refractivity contribution < 1.29 is 5.11 Å². The zero-order valence-electron chi connectivity index (χ0n) is 11.0. The largest absolute Gasteiger partial charge is 0.392 e. The molecular formula is C15H17N3O. The van der Waals surface area contributed by atoms with Crippen LogP contribution in [-0.4, -0.2) is 19.5 Å². The number of nitrogens with zero attached hydrogens (tertiary/aromatic N) is 3. The van der Waals surface area contributed by atoms with Crippen LogP contribution in [0.1, 0.15) is 18.2 Å². The Hall–Kier alpha value is -2.07. The second kappa shape index (κ2) is 4.90. The van der Waals surface area contributed by atoms with Crippen molar-refractivity contribution in [2.24, 2.45) is 0 Å². The summed E-state index contributed by atoms with van der Waals surface area (Å²) in [4.78, 5) is 0. The molecule has 0 bridgehead atoms. The summed E-state index contributed by atoms with van der Waals surface area (Å²) >= 11 is 0. The number of rotatable bonds is 4. The maximum Gasteiger partial charge on any atom is 0.0900 e. The predicted molar refractivity (Wildman–Crippen MR) is 74.9 cm³/mol. The lowest BCUT2D eigenvalue weighted by atomic mass is 10.2. The molecule has 2 aromatic heterocycles. The van der Waals surface area contributed by atoms with Crippen LogP contribution in [0.5, 0.6) is 0 Å². The van der Waals surface area contributed by atoms with Crippen LogP contribution in [0.2, 0.25) is 0 Å². The second-order valence-corrected chi connectivity index (χ2v) is 4.63. The van der Waals surface area contributed by atoms with Crippen molar-refractivity contribution in [3.8, 4) is 0 Å². The topological polar surface area (TPSA) is 43.0 Å². The summed E-state index contributed by atoms with van der Waals surface area (Å²) in [5, 5.41) is 15.0. The molecule has 1 aromatic carbocycles. The van der Waals surface area contributed by atoms with Crippen LogP contribution in [0.25, 0.3) is 10.9 Å². The lowest BCUT2D eigenvalue weighted by Crippen LogP contribution is -2.00. The van der Waals surface area contributed by atoms with E-state index in [1.165, 1.54) is 10.9 Å². The molecule has 2 heterocycles. The molecule has 0 fully saturated rings. The summed E-state index contributed by atoms with van der Waals surface area (Å²) in [6, 6.07) is 10.2. The van der Waals surface area contributed by atoms with Crippen molar-refractivity contribution in [1.82, 2.24) is 14.3 Å². The summed E-state index contributed by atoms with van der Waals surface area (Å²) in [6.07, 6.45) is 3.94. The van der Waals surface area contributed by atoms with Gasteiger partial charge in [-0.3, -0.25) is 4.68 Å². The molecule has 19 heavy (non-hydrogen) atoms. The molecule has 0 aliphatic rings. The molecule has 0 amide bonds. The van der Waals surface area contributed by atoms with E-state index in [2.05, 4.69) is 28.7 Å². The Labute approximate surface area is 111 Å². The molecule has 98 valence electrons. The van der Waals surface area contributed by atoms with Gasteiger partial charge in [-0.2, -0.15) is 5.10 Å². The van der Waals surface area contributed by atoms with Crippen molar-refractivity contribution in [3.05, 3.63) is 54.0 Å². The summed E-state index contributed by atoms with van der Waals surface area (Å²) in [6.45, 7) is 3.78. The number of benzene rings is 1. The van der Waals surface area contributed by atoms with Crippen LogP contribution in [0.15, 0.2) is 42.7 Å². The van der Waals surface area contributed by atoms with Gasteiger partial charge in [0.05, 0.1) is 24.4 Å². The number of aryl methyl sites for hydroxylation is 1. The third-order valence-electron chi connectivity index (χ3n) is 3.36. The highest BCUT2D eigenvalue weighted by Crippen LogP contribution is 2.19. The van der Waals surface area contributed by atoms with E-state index < -0.39 is 0 Å². The highest BCUT2D eigenvalue weighted by molar-refractivity contribution is 5.81. The summed E-state index contributed by atoms with van der Waals surface area (Å²) in [5.41, 5.74) is 3.17. The normalized spacial score (nSPS) is 11.3. The van der Waals surface area contributed by atoms with Crippen molar-refractivity contribution in [3.63, 3.8) is 0 Å². The Morgan fingerprint density at radius 1 is 1.21 bits per heavy atom. The molecule has 3 rings (SSSR count). The minimum atomic E-state index is 0.0805. The number of aromatic nitrogens is 3. The van der Waals surface area contributed by atoms with E-state index in [-0.39, 0.29) is 6.61 Å². The van der Waals surface area contributed by atoms with Crippen LogP contribution >= 0.6 is 0 Å². The quantitative estimate of drug-likeness (QED) is 0.778. The highest BCUT2D eigenvalue weighted by Gasteiger charge is 2.09. The number of hydrogen-bond donors (Lipinski definition) is 1. The van der Waals surface area contributed by atoms with Gasteiger partial charge in [0.15, 0.2) is 0 Å². The zero-order chi connectivity index (χ0) is 13.2. The Morgan fingerprint density at radius 3 is 2.79 bits per heavy atom. The van der Waals surface area contributed by atoms with Gasteiger partial charge in [-0.25, -0.2) is 0 Å². The molecule has 4 heteroatoms. The summed E-state index contributed by atoms with van der Waals surface area (Å²) < 4.78 is 4.08. The van der Waals surface area contributed by atoms with Gasteiger partial charge in [-0.05, 0) is 24.6 Å². The van der Waals surface area contributed by atoms with Crippen LogP contribution in [0, 0.1) is 0 Å². The molecule has 0 unspecified atom stereocenters. The SMILES string of the molecule is CCn1nc(Cn2ccc(CO)c2)c2ccccc21. The minimum absolute atomic E-state index is 0.0805. The van der Waals surface area contributed by atoms with Gasteiger partial charge in [0.1, 0.15) is 0 Å². The van der Waals surface area contributed by atoms with Gasteiger partial charge in [0.2, 0.25) is 0 Å². The molecule has 0 saturated carbocycles. The van der Waals surface area contributed by atoms with Crippen molar-refractivity contribution in [2.75, 3.05) is 0 Å². The third kappa shape index (κ3) is 2.15. The van der Waals surface area contributed by atoms with E-state index in [1.807, 2.05) is 35.3 Å². The summed E-state index contributed by atoms with van der Waals surface area (Å²) in [7, 11) is 0. The fourth-order valence-electron chi connectivity index (χ4n) is 2.41. The fourth-order valence-corrected chi connectivity index (χ4v) is 2.41. The molecule has 0 aliphatic carbocycles. The van der Waals surface area contributed by atoms with Gasteiger partial charge in [-0.1, -0.05) is 18.2 Å². The number of para-hydroxylation sites is 1. The number of hydrogen-bond acceptors (Lipinski definition) is 2. The number of fused-ring (bicyclic) bond motifs is 1. The smallest absolute Gasteiger partial charge is 0.0900 e. The molecule has 0 aliphatic heterocycles. The average molecular weight is 255 g/mol. The minimum Gasteiger partial charge on any atom is -0.392 e. The Balaban J connectivity index is 2.00. The van der Waals surface area contributed by atoms with Gasteiger partial charge in [-0.15, -0.1) is 0 Å². The maximum atomic E-state index is 9.10. The van der Waals surface area contributed by atoms with E-state index in [1.54, 1.807) is 0 Å². The number of aliphatic hydroxyl groups is 1. The number of aliphatic hydroxyl groups excluding tert-OH is 1. The predicted octanol–water partition coefficient (Wildman–Crippen LogP) is 2.40. The zero-order valence-corrected chi connectivity index (χ0v) is 11.0. The Bertz CT molecular complexity index is 696. The van der Waals surface area contributed by atoms with Crippen LogP contribution < -0.4 is 0 Å². The van der Waals surface area contributed by atoms with Gasteiger partial charge >= 0.3 is 0 Å². The first-order valence-electron chi connectivity index (χ1n) is 6.51. The first kappa shape index (κ1) is 12.0. The van der Waals surface area contributed by atoms with E-state index in [0.717, 1.165) is 24.3 Å². The average Bonchev–Trinajstić information content (AvgIpc) is 3.04. The Kier molecular flexibility index (Phi) is 3.09. The molecule has 0 spiro atoms. The van der Waals surface area contributed by atoms with Gasteiger partial charge < -0.3 is 9.67 Å². The monoisotopic (exact) mass is 255 g/mol. The van der Waals surface area contributed by atoms with E-state index in [0.29, 0.717) is 0 Å². The fraction of sp³-hybridized carbons (Fsp3) is 0.267. The first-order valence-corrected chi connectivity index (χ1v) is 6.51. The van der Waals surface area contributed by atoms with E-state index in [9.17, 15) is 0 Å². The maximum absolute atomic E-state index is 9.10. The van der Waals surface area contributed by atoms with Gasteiger partial charge in [0, 0.05) is 24.3 Å². The van der Waals surface area contributed by atoms with Crippen molar-refractivity contribution in [1.29, 1.82) is 0 Å². The molecule has 0 radical (unpaired) electrons. The lowest BCUT2D eigenvalue weighted by Gasteiger charge is -1.99. The molecular weight excluding hydrogens is 238 g/mol. The molecule has 0 saturated heterocycles. The molecule has 0 atom stereocenters. The van der Waals surface area contributed by atoms with E-state index >= 15 is 0 Å². The molecule has 1 N–H and O–H groups in total. The molecule has 3 aromatic rings. The molecule has 4 nitrogen and oxygen atoms in total. The highest BCUT2D eigenvalue weighted by atomic mass is 16.3.